The van der Waals surface area contributed by atoms with Crippen molar-refractivity contribution in [3.63, 3.8) is 0 Å². The summed E-state index contributed by atoms with van der Waals surface area (Å²) in [4.78, 5) is 19.4. The topological polar surface area (TPSA) is 59.1 Å². The highest BCUT2D eigenvalue weighted by molar-refractivity contribution is 6.31. The summed E-state index contributed by atoms with van der Waals surface area (Å²) in [5.74, 6) is 0.0627. The number of likely N-dealkylation sites (N-methyl/N-ethyl adjacent to an activating group) is 1. The average Bonchev–Trinajstić information content (AvgIpc) is 3.04. The third kappa shape index (κ3) is 4.76. The van der Waals surface area contributed by atoms with Crippen LogP contribution < -0.4 is 5.32 Å². The molecular formula is C20H30ClFN4O2. The molecule has 2 heterocycles. The van der Waals surface area contributed by atoms with Crippen molar-refractivity contribution >= 4 is 23.3 Å². The number of rotatable bonds is 5. The first-order chi connectivity index (χ1) is 13.4. The molecule has 3 rings (SSSR count). The highest BCUT2D eigenvalue weighted by Gasteiger charge is 2.43. The summed E-state index contributed by atoms with van der Waals surface area (Å²) in [6, 6.07) is 3.62. The molecule has 0 aliphatic carbocycles. The Bertz CT molecular complexity index is 684. The van der Waals surface area contributed by atoms with E-state index < -0.39 is 5.82 Å². The van der Waals surface area contributed by atoms with Gasteiger partial charge >= 0.3 is 6.03 Å². The molecule has 0 aromatic heterocycles. The quantitative estimate of drug-likeness (QED) is 0.780. The molecule has 1 aromatic carbocycles. The van der Waals surface area contributed by atoms with Crippen LogP contribution >= 0.6 is 11.6 Å². The van der Waals surface area contributed by atoms with Crippen molar-refractivity contribution in [2.45, 2.75) is 19.4 Å². The maximum absolute atomic E-state index is 13.4. The Kier molecular flexibility index (Phi) is 7.15. The standard InChI is InChI=1S/C20H30ClFN4O2/c1-3-14-11-26(20(28)23-15-4-5-18(22)17(21)10-15)19(13-27)16(14)12-25-8-6-24(2)7-9-25/h4-5,10,14,16,19,27H,3,6-9,11-13H2,1-2H3,(H,23,28)/t14-,16-,19-/m1/s1. The number of halogens is 2. The normalized spacial score (nSPS) is 26.6. The van der Waals surface area contributed by atoms with Gasteiger partial charge < -0.3 is 25.1 Å². The van der Waals surface area contributed by atoms with Crippen molar-refractivity contribution in [1.82, 2.24) is 14.7 Å². The molecule has 0 unspecified atom stereocenters. The summed E-state index contributed by atoms with van der Waals surface area (Å²) in [5.41, 5.74) is 0.448. The second kappa shape index (κ2) is 9.39. The minimum Gasteiger partial charge on any atom is -0.394 e. The molecule has 0 spiro atoms. The van der Waals surface area contributed by atoms with Crippen LogP contribution in [0.25, 0.3) is 0 Å². The number of amides is 2. The predicted octanol–water partition coefficient (Wildman–Crippen LogP) is 2.58. The summed E-state index contributed by atoms with van der Waals surface area (Å²) in [5, 5.41) is 12.8. The third-order valence-electron chi connectivity index (χ3n) is 6.14. The number of anilines is 1. The van der Waals surface area contributed by atoms with Crippen molar-refractivity contribution in [3.8, 4) is 0 Å². The number of likely N-dealkylation sites (tertiary alicyclic amines) is 1. The molecule has 8 heteroatoms. The number of piperazine rings is 1. The molecule has 2 aliphatic heterocycles. The van der Waals surface area contributed by atoms with Crippen molar-refractivity contribution < 1.29 is 14.3 Å². The lowest BCUT2D eigenvalue weighted by molar-refractivity contribution is 0.0967. The molecule has 0 radical (unpaired) electrons. The monoisotopic (exact) mass is 412 g/mol. The number of nitrogens with one attached hydrogen (secondary N) is 1. The fourth-order valence-electron chi connectivity index (χ4n) is 4.34. The molecule has 2 aliphatic rings. The van der Waals surface area contributed by atoms with E-state index in [2.05, 4.69) is 29.1 Å². The second-order valence-electron chi connectivity index (χ2n) is 7.90. The Morgan fingerprint density at radius 3 is 2.64 bits per heavy atom. The minimum absolute atomic E-state index is 0.0303. The molecule has 156 valence electrons. The average molecular weight is 413 g/mol. The van der Waals surface area contributed by atoms with E-state index >= 15 is 0 Å². The van der Waals surface area contributed by atoms with Gasteiger partial charge in [-0.1, -0.05) is 24.9 Å². The highest BCUT2D eigenvalue weighted by atomic mass is 35.5. The third-order valence-corrected chi connectivity index (χ3v) is 6.43. The number of aliphatic hydroxyl groups is 1. The molecule has 0 bridgehead atoms. The van der Waals surface area contributed by atoms with E-state index in [1.165, 1.54) is 18.2 Å². The molecule has 2 saturated heterocycles. The van der Waals surface area contributed by atoms with Crippen LogP contribution in [-0.4, -0.2) is 84.8 Å². The van der Waals surface area contributed by atoms with E-state index in [9.17, 15) is 14.3 Å². The Balaban J connectivity index is 1.68. The first-order valence-electron chi connectivity index (χ1n) is 9.97. The lowest BCUT2D eigenvalue weighted by atomic mass is 9.88. The smallest absolute Gasteiger partial charge is 0.322 e. The van der Waals surface area contributed by atoms with Crippen molar-refractivity contribution in [2.24, 2.45) is 11.8 Å². The Morgan fingerprint density at radius 2 is 2.04 bits per heavy atom. The molecule has 3 atom stereocenters. The maximum atomic E-state index is 13.4. The van der Waals surface area contributed by atoms with Crippen LogP contribution in [0.2, 0.25) is 5.02 Å². The van der Waals surface area contributed by atoms with Crippen LogP contribution in [0.15, 0.2) is 18.2 Å². The fourth-order valence-corrected chi connectivity index (χ4v) is 4.52. The van der Waals surface area contributed by atoms with E-state index in [1.54, 1.807) is 4.90 Å². The van der Waals surface area contributed by atoms with Crippen LogP contribution in [0.1, 0.15) is 13.3 Å². The molecule has 28 heavy (non-hydrogen) atoms. The number of carbonyl (C=O) groups excluding carboxylic acids is 1. The van der Waals surface area contributed by atoms with Gasteiger partial charge in [-0.25, -0.2) is 9.18 Å². The van der Waals surface area contributed by atoms with Crippen LogP contribution in [0.3, 0.4) is 0 Å². The highest BCUT2D eigenvalue weighted by Crippen LogP contribution is 2.33. The Hall–Kier alpha value is -1.41. The largest absolute Gasteiger partial charge is 0.394 e. The van der Waals surface area contributed by atoms with Gasteiger partial charge in [0.2, 0.25) is 0 Å². The van der Waals surface area contributed by atoms with Gasteiger partial charge in [-0.05, 0) is 37.1 Å². The van der Waals surface area contributed by atoms with E-state index in [1.807, 2.05) is 0 Å². The Labute approximate surface area is 171 Å². The number of nitrogens with zero attached hydrogens (tertiary/aromatic N) is 3. The SMILES string of the molecule is CC[C@@H]1CN(C(=O)Nc2ccc(F)c(Cl)c2)[C@H](CO)[C@@H]1CN1CCN(C)CC1. The predicted molar refractivity (Wildman–Crippen MR) is 109 cm³/mol. The minimum atomic E-state index is -0.521. The molecule has 1 aromatic rings. The summed E-state index contributed by atoms with van der Waals surface area (Å²) < 4.78 is 13.4. The van der Waals surface area contributed by atoms with Gasteiger partial charge in [0.25, 0.3) is 0 Å². The van der Waals surface area contributed by atoms with E-state index in [4.69, 9.17) is 11.6 Å². The number of hydrogen-bond donors (Lipinski definition) is 2. The number of aliphatic hydroxyl groups excluding tert-OH is 1. The zero-order valence-corrected chi connectivity index (χ0v) is 17.3. The van der Waals surface area contributed by atoms with Crippen molar-refractivity contribution in [2.75, 3.05) is 58.2 Å². The van der Waals surface area contributed by atoms with Crippen molar-refractivity contribution in [1.29, 1.82) is 0 Å². The number of benzene rings is 1. The summed E-state index contributed by atoms with van der Waals surface area (Å²) in [7, 11) is 2.13. The number of carbonyl (C=O) groups is 1. The molecule has 0 saturated carbocycles. The van der Waals surface area contributed by atoms with Gasteiger partial charge in [-0.15, -0.1) is 0 Å². The zero-order valence-electron chi connectivity index (χ0n) is 16.6. The van der Waals surface area contributed by atoms with Crippen LogP contribution in [0.4, 0.5) is 14.9 Å². The maximum Gasteiger partial charge on any atom is 0.322 e. The van der Waals surface area contributed by atoms with Gasteiger partial charge in [0, 0.05) is 45.0 Å². The first-order valence-corrected chi connectivity index (χ1v) is 10.3. The molecule has 2 N–H and O–H groups in total. The summed E-state index contributed by atoms with van der Waals surface area (Å²) in [6.45, 7) is 7.70. The summed E-state index contributed by atoms with van der Waals surface area (Å²) >= 11 is 5.81. The van der Waals surface area contributed by atoms with Crippen molar-refractivity contribution in [3.05, 3.63) is 29.0 Å². The zero-order chi connectivity index (χ0) is 20.3. The second-order valence-corrected chi connectivity index (χ2v) is 8.30. The summed E-state index contributed by atoms with van der Waals surface area (Å²) in [6.07, 6.45) is 0.959. The van der Waals surface area contributed by atoms with Crippen LogP contribution in [0.5, 0.6) is 0 Å². The molecule has 2 amide bonds. The molecule has 2 fully saturated rings. The first kappa shape index (κ1) is 21.3. The van der Waals surface area contributed by atoms with Crippen LogP contribution in [-0.2, 0) is 0 Å². The lowest BCUT2D eigenvalue weighted by Crippen LogP contribution is -2.49. The Morgan fingerprint density at radius 1 is 1.32 bits per heavy atom. The fraction of sp³-hybridized carbons (Fsp3) is 0.650. The van der Waals surface area contributed by atoms with E-state index in [0.29, 0.717) is 18.2 Å². The lowest BCUT2D eigenvalue weighted by Gasteiger charge is -2.36. The van der Waals surface area contributed by atoms with E-state index in [0.717, 1.165) is 39.1 Å². The van der Waals surface area contributed by atoms with Gasteiger partial charge in [-0.2, -0.15) is 0 Å². The van der Waals surface area contributed by atoms with E-state index in [-0.39, 0.29) is 29.6 Å². The molecule has 6 nitrogen and oxygen atoms in total. The van der Waals surface area contributed by atoms with Gasteiger partial charge in [0.05, 0.1) is 17.7 Å². The van der Waals surface area contributed by atoms with Gasteiger partial charge in [0.1, 0.15) is 5.82 Å². The van der Waals surface area contributed by atoms with Crippen LogP contribution in [0, 0.1) is 17.7 Å². The molecular weight excluding hydrogens is 383 g/mol. The van der Waals surface area contributed by atoms with Gasteiger partial charge in [-0.3, -0.25) is 0 Å². The number of urea groups is 1. The number of hydrogen-bond acceptors (Lipinski definition) is 4. The van der Waals surface area contributed by atoms with Gasteiger partial charge in [0.15, 0.2) is 0 Å².